The monoisotopic (exact) mass is 254 g/mol. The number of carbonyl (C=O) groups is 1. The molecule has 0 N–H and O–H groups in total. The van der Waals surface area contributed by atoms with Crippen LogP contribution in [-0.2, 0) is 13.5 Å². The standard InChI is InChI=1S/C15H14N2O2/c1-17-9-8-16-15(17)7-6-12(18)14-10-11-4-2-3-5-13(11)19-14/h2-5,8-10H,6-7H2,1H3. The molecular weight excluding hydrogens is 240 g/mol. The fraction of sp³-hybridized carbons (Fsp3) is 0.200. The van der Waals surface area contributed by atoms with Gasteiger partial charge in [-0.15, -0.1) is 0 Å². The van der Waals surface area contributed by atoms with Crippen molar-refractivity contribution in [3.8, 4) is 0 Å². The van der Waals surface area contributed by atoms with Crippen molar-refractivity contribution in [2.45, 2.75) is 12.8 Å². The third-order valence-corrected chi connectivity index (χ3v) is 3.20. The van der Waals surface area contributed by atoms with E-state index in [9.17, 15) is 4.79 Å². The third kappa shape index (κ3) is 2.29. The van der Waals surface area contributed by atoms with E-state index in [0.29, 0.717) is 18.6 Å². The van der Waals surface area contributed by atoms with E-state index < -0.39 is 0 Å². The number of benzene rings is 1. The molecule has 0 unspecified atom stereocenters. The predicted octanol–water partition coefficient (Wildman–Crippen LogP) is 2.98. The second-order valence-electron chi connectivity index (χ2n) is 4.53. The van der Waals surface area contributed by atoms with Gasteiger partial charge in [0.1, 0.15) is 11.4 Å². The number of nitrogens with zero attached hydrogens (tertiary/aromatic N) is 2. The van der Waals surface area contributed by atoms with Crippen LogP contribution in [0.2, 0.25) is 0 Å². The van der Waals surface area contributed by atoms with E-state index in [2.05, 4.69) is 4.98 Å². The van der Waals surface area contributed by atoms with Gasteiger partial charge in [0, 0.05) is 37.7 Å². The molecule has 4 heteroatoms. The van der Waals surface area contributed by atoms with Gasteiger partial charge < -0.3 is 8.98 Å². The number of hydrogen-bond donors (Lipinski definition) is 0. The average molecular weight is 254 g/mol. The second-order valence-corrected chi connectivity index (χ2v) is 4.53. The van der Waals surface area contributed by atoms with Crippen LogP contribution in [0.15, 0.2) is 47.1 Å². The summed E-state index contributed by atoms with van der Waals surface area (Å²) in [5, 5.41) is 0.961. The first-order valence-corrected chi connectivity index (χ1v) is 6.22. The molecule has 2 heterocycles. The summed E-state index contributed by atoms with van der Waals surface area (Å²) in [6.07, 6.45) is 4.64. The van der Waals surface area contributed by atoms with Gasteiger partial charge in [-0.1, -0.05) is 18.2 Å². The maximum Gasteiger partial charge on any atom is 0.198 e. The SMILES string of the molecule is Cn1ccnc1CCC(=O)c1cc2ccccc2o1. The minimum atomic E-state index is 0.0131. The van der Waals surface area contributed by atoms with Gasteiger partial charge in [-0.05, 0) is 12.1 Å². The number of furan rings is 1. The van der Waals surface area contributed by atoms with Crippen LogP contribution in [0.1, 0.15) is 22.8 Å². The van der Waals surface area contributed by atoms with Gasteiger partial charge in [0.15, 0.2) is 11.5 Å². The Morgan fingerprint density at radius 3 is 2.95 bits per heavy atom. The third-order valence-electron chi connectivity index (χ3n) is 3.20. The number of aryl methyl sites for hydroxylation is 2. The highest BCUT2D eigenvalue weighted by Crippen LogP contribution is 2.20. The highest BCUT2D eigenvalue weighted by Gasteiger charge is 2.13. The first-order valence-electron chi connectivity index (χ1n) is 6.22. The van der Waals surface area contributed by atoms with Gasteiger partial charge >= 0.3 is 0 Å². The Morgan fingerprint density at radius 2 is 2.21 bits per heavy atom. The fourth-order valence-corrected chi connectivity index (χ4v) is 2.11. The normalized spacial score (nSPS) is 11.0. The first kappa shape index (κ1) is 11.7. The van der Waals surface area contributed by atoms with E-state index in [-0.39, 0.29) is 5.78 Å². The van der Waals surface area contributed by atoms with E-state index in [1.807, 2.05) is 42.1 Å². The van der Waals surface area contributed by atoms with Crippen LogP contribution in [0.5, 0.6) is 0 Å². The Kier molecular flexibility index (Phi) is 2.91. The molecule has 3 aromatic rings. The molecular formula is C15H14N2O2. The number of ketones is 1. The summed E-state index contributed by atoms with van der Waals surface area (Å²) in [6.45, 7) is 0. The van der Waals surface area contributed by atoms with Crippen molar-refractivity contribution in [1.29, 1.82) is 0 Å². The summed E-state index contributed by atoms with van der Waals surface area (Å²) in [5.74, 6) is 1.35. The molecule has 2 aromatic heterocycles. The zero-order valence-corrected chi connectivity index (χ0v) is 10.7. The molecule has 0 amide bonds. The largest absolute Gasteiger partial charge is 0.453 e. The van der Waals surface area contributed by atoms with E-state index in [0.717, 1.165) is 16.8 Å². The van der Waals surface area contributed by atoms with E-state index in [4.69, 9.17) is 4.42 Å². The van der Waals surface area contributed by atoms with E-state index in [1.54, 1.807) is 12.3 Å². The molecule has 0 radical (unpaired) electrons. The maximum absolute atomic E-state index is 12.1. The molecule has 0 aliphatic heterocycles. The van der Waals surface area contributed by atoms with Crippen LogP contribution in [0.25, 0.3) is 11.0 Å². The molecule has 1 aromatic carbocycles. The Labute approximate surface area is 110 Å². The molecule has 0 spiro atoms. The van der Waals surface area contributed by atoms with Gasteiger partial charge in [0.2, 0.25) is 0 Å². The van der Waals surface area contributed by atoms with Crippen LogP contribution < -0.4 is 0 Å². The topological polar surface area (TPSA) is 48.0 Å². The summed E-state index contributed by atoms with van der Waals surface area (Å²) in [5.41, 5.74) is 0.753. The lowest BCUT2D eigenvalue weighted by Gasteiger charge is -1.99. The Morgan fingerprint density at radius 1 is 1.37 bits per heavy atom. The molecule has 0 aliphatic carbocycles. The summed E-state index contributed by atoms with van der Waals surface area (Å²) in [7, 11) is 1.92. The Bertz CT molecular complexity index is 691. The quantitative estimate of drug-likeness (QED) is 0.672. The van der Waals surface area contributed by atoms with Gasteiger partial charge in [-0.3, -0.25) is 4.79 Å². The number of fused-ring (bicyclic) bond motifs is 1. The lowest BCUT2D eigenvalue weighted by atomic mass is 10.1. The number of aromatic nitrogens is 2. The number of Topliss-reactive ketones (excluding diaryl/α,β-unsaturated/α-hetero) is 1. The summed E-state index contributed by atoms with van der Waals surface area (Å²) < 4.78 is 7.48. The van der Waals surface area contributed by atoms with Gasteiger partial charge in [0.05, 0.1) is 0 Å². The van der Waals surface area contributed by atoms with E-state index in [1.165, 1.54) is 0 Å². The van der Waals surface area contributed by atoms with Crippen LogP contribution in [-0.4, -0.2) is 15.3 Å². The number of imidazole rings is 1. The van der Waals surface area contributed by atoms with Crippen LogP contribution in [0.3, 0.4) is 0 Å². The van der Waals surface area contributed by atoms with Crippen molar-refractivity contribution >= 4 is 16.8 Å². The van der Waals surface area contributed by atoms with Crippen LogP contribution >= 0.6 is 0 Å². The average Bonchev–Trinajstić information content (AvgIpc) is 3.01. The molecule has 0 saturated heterocycles. The predicted molar refractivity (Wildman–Crippen MR) is 72.1 cm³/mol. The van der Waals surface area contributed by atoms with Gasteiger partial charge in [-0.2, -0.15) is 0 Å². The zero-order chi connectivity index (χ0) is 13.2. The lowest BCUT2D eigenvalue weighted by molar-refractivity contribution is 0.0957. The molecule has 0 fully saturated rings. The summed E-state index contributed by atoms with van der Waals surface area (Å²) >= 11 is 0. The van der Waals surface area contributed by atoms with Crippen molar-refractivity contribution in [2.24, 2.45) is 7.05 Å². The molecule has 0 aliphatic rings. The maximum atomic E-state index is 12.1. The molecule has 0 atom stereocenters. The molecule has 0 saturated carbocycles. The molecule has 4 nitrogen and oxygen atoms in total. The molecule has 96 valence electrons. The Balaban J connectivity index is 1.75. The van der Waals surface area contributed by atoms with Gasteiger partial charge in [0.25, 0.3) is 0 Å². The van der Waals surface area contributed by atoms with Crippen molar-refractivity contribution < 1.29 is 9.21 Å². The molecule has 3 rings (SSSR count). The fourth-order valence-electron chi connectivity index (χ4n) is 2.11. The van der Waals surface area contributed by atoms with Crippen molar-refractivity contribution in [2.75, 3.05) is 0 Å². The van der Waals surface area contributed by atoms with E-state index >= 15 is 0 Å². The van der Waals surface area contributed by atoms with Gasteiger partial charge in [-0.25, -0.2) is 4.98 Å². The second kappa shape index (κ2) is 4.72. The highest BCUT2D eigenvalue weighted by molar-refractivity contribution is 5.97. The summed E-state index contributed by atoms with van der Waals surface area (Å²) in [4.78, 5) is 16.3. The lowest BCUT2D eigenvalue weighted by Crippen LogP contribution is -2.03. The smallest absolute Gasteiger partial charge is 0.198 e. The summed E-state index contributed by atoms with van der Waals surface area (Å²) in [6, 6.07) is 9.43. The van der Waals surface area contributed by atoms with Crippen LogP contribution in [0, 0.1) is 0 Å². The van der Waals surface area contributed by atoms with Crippen molar-refractivity contribution in [3.05, 3.63) is 54.3 Å². The van der Waals surface area contributed by atoms with Crippen molar-refractivity contribution in [1.82, 2.24) is 9.55 Å². The number of hydrogen-bond acceptors (Lipinski definition) is 3. The van der Waals surface area contributed by atoms with Crippen LogP contribution in [0.4, 0.5) is 0 Å². The highest BCUT2D eigenvalue weighted by atomic mass is 16.3. The molecule has 0 bridgehead atoms. The number of para-hydroxylation sites is 1. The first-order chi connectivity index (χ1) is 9.24. The number of carbonyl (C=O) groups excluding carboxylic acids is 1. The number of rotatable bonds is 4. The minimum absolute atomic E-state index is 0.0131. The minimum Gasteiger partial charge on any atom is -0.453 e. The Hall–Kier alpha value is -2.36. The molecule has 19 heavy (non-hydrogen) atoms. The van der Waals surface area contributed by atoms with Crippen molar-refractivity contribution in [3.63, 3.8) is 0 Å². The zero-order valence-electron chi connectivity index (χ0n) is 10.7.